The molecule has 78 valence electrons. The third kappa shape index (κ3) is 2.09. The second-order valence-electron chi connectivity index (χ2n) is 2.87. The van der Waals surface area contributed by atoms with Crippen molar-refractivity contribution in [1.82, 2.24) is 5.32 Å². The fraction of sp³-hybridized carbons (Fsp3) is 0.400. The second kappa shape index (κ2) is 4.72. The van der Waals surface area contributed by atoms with Crippen molar-refractivity contribution in [2.24, 2.45) is 0 Å². The summed E-state index contributed by atoms with van der Waals surface area (Å²) in [6, 6.07) is 3.30. The molecule has 0 saturated heterocycles. The van der Waals surface area contributed by atoms with E-state index < -0.39 is 0 Å². The second-order valence-corrected chi connectivity index (χ2v) is 2.87. The average Bonchev–Trinajstić information content (AvgIpc) is 2.20. The molecular weight excluding hydrogens is 182 g/mol. The van der Waals surface area contributed by atoms with E-state index in [1.807, 2.05) is 7.05 Å². The number of aromatic hydroxyl groups is 1. The van der Waals surface area contributed by atoms with Gasteiger partial charge in [-0.05, 0) is 13.1 Å². The first-order valence-corrected chi connectivity index (χ1v) is 4.31. The van der Waals surface area contributed by atoms with E-state index in [-0.39, 0.29) is 5.75 Å². The van der Waals surface area contributed by atoms with Crippen LogP contribution < -0.4 is 14.8 Å². The van der Waals surface area contributed by atoms with Crippen molar-refractivity contribution >= 4 is 0 Å². The largest absolute Gasteiger partial charge is 0.507 e. The zero-order valence-electron chi connectivity index (χ0n) is 8.63. The molecule has 14 heavy (non-hydrogen) atoms. The van der Waals surface area contributed by atoms with E-state index in [0.717, 1.165) is 5.56 Å². The molecule has 0 spiro atoms. The molecule has 1 aromatic rings. The summed E-state index contributed by atoms with van der Waals surface area (Å²) in [6.45, 7) is 0.589. The maximum atomic E-state index is 9.60. The van der Waals surface area contributed by atoms with E-state index in [1.165, 1.54) is 7.11 Å². The van der Waals surface area contributed by atoms with Crippen molar-refractivity contribution in [1.29, 1.82) is 0 Å². The minimum Gasteiger partial charge on any atom is -0.507 e. The van der Waals surface area contributed by atoms with Crippen LogP contribution >= 0.6 is 0 Å². The normalized spacial score (nSPS) is 9.93. The number of nitrogens with one attached hydrogen (secondary N) is 1. The van der Waals surface area contributed by atoms with Crippen LogP contribution in [0.4, 0.5) is 0 Å². The molecule has 0 fully saturated rings. The quantitative estimate of drug-likeness (QED) is 0.759. The highest BCUT2D eigenvalue weighted by Crippen LogP contribution is 2.33. The van der Waals surface area contributed by atoms with Crippen LogP contribution in [0.3, 0.4) is 0 Å². The number of hydrogen-bond acceptors (Lipinski definition) is 4. The van der Waals surface area contributed by atoms with Gasteiger partial charge in [-0.1, -0.05) is 0 Å². The summed E-state index contributed by atoms with van der Waals surface area (Å²) in [4.78, 5) is 0. The van der Waals surface area contributed by atoms with Gasteiger partial charge >= 0.3 is 0 Å². The van der Waals surface area contributed by atoms with Gasteiger partial charge in [0.1, 0.15) is 5.75 Å². The molecule has 0 heterocycles. The van der Waals surface area contributed by atoms with E-state index in [9.17, 15) is 5.11 Å². The van der Waals surface area contributed by atoms with Crippen molar-refractivity contribution in [2.75, 3.05) is 21.3 Å². The van der Waals surface area contributed by atoms with Gasteiger partial charge in [-0.15, -0.1) is 0 Å². The topological polar surface area (TPSA) is 50.7 Å². The Morgan fingerprint density at radius 1 is 1.21 bits per heavy atom. The minimum atomic E-state index is 0.206. The van der Waals surface area contributed by atoms with Crippen LogP contribution in [0.25, 0.3) is 0 Å². The molecule has 0 unspecified atom stereocenters. The van der Waals surface area contributed by atoms with E-state index in [0.29, 0.717) is 18.0 Å². The molecule has 1 aromatic carbocycles. The van der Waals surface area contributed by atoms with Crippen LogP contribution in [0.15, 0.2) is 12.1 Å². The zero-order chi connectivity index (χ0) is 10.6. The molecule has 4 heteroatoms. The Balaban J connectivity index is 3.09. The van der Waals surface area contributed by atoms with Gasteiger partial charge in [-0.25, -0.2) is 0 Å². The Hall–Kier alpha value is -1.42. The summed E-state index contributed by atoms with van der Waals surface area (Å²) in [7, 11) is 4.92. The van der Waals surface area contributed by atoms with Gasteiger partial charge in [0.2, 0.25) is 0 Å². The molecule has 0 radical (unpaired) electrons. The Morgan fingerprint density at radius 2 is 1.79 bits per heavy atom. The molecule has 0 amide bonds. The van der Waals surface area contributed by atoms with Crippen molar-refractivity contribution < 1.29 is 14.6 Å². The summed E-state index contributed by atoms with van der Waals surface area (Å²) < 4.78 is 10.2. The molecule has 0 aromatic heterocycles. The summed E-state index contributed by atoms with van der Waals surface area (Å²) in [5.41, 5.74) is 0.783. The Bertz CT molecular complexity index is 312. The third-order valence-corrected chi connectivity index (χ3v) is 1.95. The van der Waals surface area contributed by atoms with Crippen LogP contribution in [0.1, 0.15) is 5.56 Å². The molecule has 0 bridgehead atoms. The smallest absolute Gasteiger partial charge is 0.164 e. The van der Waals surface area contributed by atoms with E-state index >= 15 is 0 Å². The monoisotopic (exact) mass is 197 g/mol. The van der Waals surface area contributed by atoms with Crippen molar-refractivity contribution in [3.63, 3.8) is 0 Å². The lowest BCUT2D eigenvalue weighted by Gasteiger charge is -2.11. The van der Waals surface area contributed by atoms with Gasteiger partial charge in [-0.3, -0.25) is 0 Å². The van der Waals surface area contributed by atoms with Gasteiger partial charge in [0.25, 0.3) is 0 Å². The maximum absolute atomic E-state index is 9.60. The van der Waals surface area contributed by atoms with Gasteiger partial charge in [0.15, 0.2) is 11.5 Å². The lowest BCUT2D eigenvalue weighted by atomic mass is 10.1. The van der Waals surface area contributed by atoms with E-state index in [2.05, 4.69) is 5.32 Å². The van der Waals surface area contributed by atoms with E-state index in [4.69, 9.17) is 9.47 Å². The van der Waals surface area contributed by atoms with Gasteiger partial charge in [0.05, 0.1) is 14.2 Å². The number of rotatable bonds is 4. The number of phenols is 1. The van der Waals surface area contributed by atoms with Crippen LogP contribution in [-0.4, -0.2) is 26.4 Å². The first kappa shape index (κ1) is 10.7. The first-order chi connectivity index (χ1) is 6.72. The van der Waals surface area contributed by atoms with Crippen LogP contribution in [0.5, 0.6) is 17.2 Å². The van der Waals surface area contributed by atoms with Crippen molar-refractivity contribution in [2.45, 2.75) is 6.54 Å². The minimum absolute atomic E-state index is 0.206. The van der Waals surface area contributed by atoms with Gasteiger partial charge in [0, 0.05) is 18.2 Å². The first-order valence-electron chi connectivity index (χ1n) is 4.31. The maximum Gasteiger partial charge on any atom is 0.164 e. The highest BCUT2D eigenvalue weighted by Gasteiger charge is 2.09. The number of hydrogen-bond donors (Lipinski definition) is 2. The van der Waals surface area contributed by atoms with Gasteiger partial charge in [-0.2, -0.15) is 0 Å². The van der Waals surface area contributed by atoms with E-state index in [1.54, 1.807) is 19.2 Å². The summed E-state index contributed by atoms with van der Waals surface area (Å²) in [5.74, 6) is 1.36. The lowest BCUT2D eigenvalue weighted by Crippen LogP contribution is -2.05. The lowest BCUT2D eigenvalue weighted by molar-refractivity contribution is 0.350. The summed E-state index contributed by atoms with van der Waals surface area (Å²) >= 11 is 0. The summed E-state index contributed by atoms with van der Waals surface area (Å²) in [6.07, 6.45) is 0. The average molecular weight is 197 g/mol. The summed E-state index contributed by atoms with van der Waals surface area (Å²) in [5, 5.41) is 12.6. The molecule has 4 nitrogen and oxygen atoms in total. The Kier molecular flexibility index (Phi) is 3.59. The van der Waals surface area contributed by atoms with Crippen LogP contribution in [0.2, 0.25) is 0 Å². The third-order valence-electron chi connectivity index (χ3n) is 1.95. The molecule has 0 saturated carbocycles. The predicted molar refractivity (Wildman–Crippen MR) is 54.0 cm³/mol. The van der Waals surface area contributed by atoms with Crippen LogP contribution in [-0.2, 0) is 6.54 Å². The van der Waals surface area contributed by atoms with Gasteiger partial charge < -0.3 is 19.9 Å². The molecule has 1 rings (SSSR count). The molecule has 0 aliphatic heterocycles. The predicted octanol–water partition coefficient (Wildman–Crippen LogP) is 1.13. The SMILES string of the molecule is CNCc1cc(OC)c(OC)cc1O. The van der Waals surface area contributed by atoms with Crippen LogP contribution in [0, 0.1) is 0 Å². The number of benzene rings is 1. The highest BCUT2D eigenvalue weighted by atomic mass is 16.5. The number of methoxy groups -OCH3 is 2. The molecule has 0 atom stereocenters. The van der Waals surface area contributed by atoms with Crippen molar-refractivity contribution in [3.8, 4) is 17.2 Å². The zero-order valence-corrected chi connectivity index (χ0v) is 8.63. The highest BCUT2D eigenvalue weighted by molar-refractivity contribution is 5.49. The molecule has 0 aliphatic carbocycles. The fourth-order valence-electron chi connectivity index (χ4n) is 1.24. The molecule has 0 aliphatic rings. The standard InChI is InChI=1S/C10H15NO3/c1-11-6-7-4-9(13-2)10(14-3)5-8(7)12/h4-5,11-12H,6H2,1-3H3. The number of phenolic OH excluding ortho intramolecular Hbond substituents is 1. The number of ether oxygens (including phenoxy) is 2. The fourth-order valence-corrected chi connectivity index (χ4v) is 1.24. The Morgan fingerprint density at radius 3 is 2.29 bits per heavy atom. The van der Waals surface area contributed by atoms with Crippen molar-refractivity contribution in [3.05, 3.63) is 17.7 Å². The Labute approximate surface area is 83.5 Å². The molecular formula is C10H15NO3. The molecule has 2 N–H and O–H groups in total.